The minimum absolute atomic E-state index is 0.443. The van der Waals surface area contributed by atoms with Gasteiger partial charge in [-0.2, -0.15) is 5.26 Å². The summed E-state index contributed by atoms with van der Waals surface area (Å²) in [5.74, 6) is -0.292. The van der Waals surface area contributed by atoms with Crippen LogP contribution in [-0.2, 0) is 14.3 Å². The van der Waals surface area contributed by atoms with E-state index in [4.69, 9.17) is 9.47 Å². The van der Waals surface area contributed by atoms with Crippen molar-refractivity contribution < 1.29 is 19.1 Å². The quantitative estimate of drug-likeness (QED) is 0.587. The monoisotopic (exact) mass is 370 g/mol. The van der Waals surface area contributed by atoms with Gasteiger partial charge in [-0.3, -0.25) is 4.79 Å². The Balaban J connectivity index is 1.86. The Morgan fingerprint density at radius 2 is 1.93 bits per heavy atom. The molecule has 0 unspecified atom stereocenters. The molecule has 0 saturated heterocycles. The summed E-state index contributed by atoms with van der Waals surface area (Å²) >= 11 is 0. The highest BCUT2D eigenvalue weighted by molar-refractivity contribution is 5.90. The fourth-order valence-electron chi connectivity index (χ4n) is 3.03. The van der Waals surface area contributed by atoms with E-state index in [1.165, 1.54) is 13.0 Å². The molecule has 1 saturated carbocycles. The molecule has 0 radical (unpaired) electrons. The number of rotatable bonds is 7. The maximum atomic E-state index is 12.3. The Morgan fingerprint density at radius 3 is 2.52 bits per heavy atom. The van der Waals surface area contributed by atoms with Gasteiger partial charge in [0.25, 0.3) is 5.91 Å². The molecule has 27 heavy (non-hydrogen) atoms. The van der Waals surface area contributed by atoms with Crippen molar-refractivity contribution in [2.24, 2.45) is 0 Å². The predicted molar refractivity (Wildman–Crippen MR) is 102 cm³/mol. The summed E-state index contributed by atoms with van der Waals surface area (Å²) in [5.41, 5.74) is -0.0214. The standard InChI is InChI=1S/C21H26N2O4/c1-3-26-18-10-7-17(8-11-18)9-12-19(24)27-16(2)20(25)23-21(15-22)13-5-4-6-14-21/h7-12,16H,3-6,13-14H2,1-2H3,(H,23,25)/b12-9+/t16-/m0/s1. The molecule has 6 heteroatoms. The molecule has 1 atom stereocenters. The van der Waals surface area contributed by atoms with Crippen molar-refractivity contribution in [2.75, 3.05) is 6.61 Å². The maximum absolute atomic E-state index is 12.3. The zero-order valence-corrected chi connectivity index (χ0v) is 15.9. The topological polar surface area (TPSA) is 88.4 Å². The van der Waals surface area contributed by atoms with Crippen LogP contribution in [0.2, 0.25) is 0 Å². The Bertz CT molecular complexity index is 713. The van der Waals surface area contributed by atoms with Crippen molar-refractivity contribution in [1.29, 1.82) is 5.26 Å². The van der Waals surface area contributed by atoms with E-state index >= 15 is 0 Å². The second-order valence-corrected chi connectivity index (χ2v) is 6.66. The van der Waals surface area contributed by atoms with Crippen LogP contribution in [0.3, 0.4) is 0 Å². The Labute approximate surface area is 160 Å². The van der Waals surface area contributed by atoms with E-state index in [0.717, 1.165) is 30.6 Å². The highest BCUT2D eigenvalue weighted by Gasteiger charge is 2.35. The Hall–Kier alpha value is -2.81. The predicted octanol–water partition coefficient (Wildman–Crippen LogP) is 3.37. The average molecular weight is 370 g/mol. The lowest BCUT2D eigenvalue weighted by molar-refractivity contribution is -0.150. The first-order valence-corrected chi connectivity index (χ1v) is 9.33. The molecule has 0 aromatic heterocycles. The zero-order valence-electron chi connectivity index (χ0n) is 15.9. The number of hydrogen-bond donors (Lipinski definition) is 1. The lowest BCUT2D eigenvalue weighted by Crippen LogP contribution is -2.52. The SMILES string of the molecule is CCOc1ccc(/C=C/C(=O)O[C@@H](C)C(=O)NC2(C#N)CCCCC2)cc1. The second kappa shape index (κ2) is 9.77. The first kappa shape index (κ1) is 20.5. The molecule has 0 spiro atoms. The van der Waals surface area contributed by atoms with Crippen LogP contribution in [0, 0.1) is 11.3 Å². The smallest absolute Gasteiger partial charge is 0.331 e. The summed E-state index contributed by atoms with van der Waals surface area (Å²) < 4.78 is 10.5. The number of benzene rings is 1. The van der Waals surface area contributed by atoms with E-state index in [-0.39, 0.29) is 0 Å². The highest BCUT2D eigenvalue weighted by atomic mass is 16.5. The largest absolute Gasteiger partial charge is 0.494 e. The number of esters is 1. The van der Waals surface area contributed by atoms with Gasteiger partial charge in [-0.1, -0.05) is 31.4 Å². The van der Waals surface area contributed by atoms with E-state index in [2.05, 4.69) is 11.4 Å². The molecular formula is C21H26N2O4. The van der Waals surface area contributed by atoms with Crippen molar-refractivity contribution >= 4 is 18.0 Å². The van der Waals surface area contributed by atoms with Gasteiger partial charge < -0.3 is 14.8 Å². The van der Waals surface area contributed by atoms with Gasteiger partial charge in [-0.15, -0.1) is 0 Å². The molecule has 1 aliphatic rings. The second-order valence-electron chi connectivity index (χ2n) is 6.66. The van der Waals surface area contributed by atoms with E-state index in [0.29, 0.717) is 19.4 Å². The third-order valence-electron chi connectivity index (χ3n) is 4.55. The van der Waals surface area contributed by atoms with Crippen LogP contribution in [-0.4, -0.2) is 30.1 Å². The average Bonchev–Trinajstić information content (AvgIpc) is 2.68. The van der Waals surface area contributed by atoms with E-state index < -0.39 is 23.5 Å². The number of ether oxygens (including phenoxy) is 2. The summed E-state index contributed by atoms with van der Waals surface area (Å²) in [6.45, 7) is 4.01. The number of nitrogens with one attached hydrogen (secondary N) is 1. The highest BCUT2D eigenvalue weighted by Crippen LogP contribution is 2.27. The van der Waals surface area contributed by atoms with Crippen LogP contribution in [0.5, 0.6) is 5.75 Å². The molecule has 1 aromatic carbocycles. The minimum atomic E-state index is -0.963. The van der Waals surface area contributed by atoms with Crippen molar-refractivity contribution in [3.8, 4) is 11.8 Å². The molecule has 1 aliphatic carbocycles. The molecule has 1 amide bonds. The van der Waals surface area contributed by atoms with E-state index in [1.54, 1.807) is 6.08 Å². The van der Waals surface area contributed by atoms with Gasteiger partial charge in [0.15, 0.2) is 6.10 Å². The molecule has 1 aromatic rings. The summed E-state index contributed by atoms with van der Waals surface area (Å²) in [6.07, 6.45) is 6.08. The van der Waals surface area contributed by atoms with Crippen LogP contribution in [0.15, 0.2) is 30.3 Å². The number of carbonyl (C=O) groups is 2. The van der Waals surface area contributed by atoms with Gasteiger partial charge in [-0.25, -0.2) is 4.79 Å². The van der Waals surface area contributed by atoms with Crippen LogP contribution in [0.25, 0.3) is 6.08 Å². The van der Waals surface area contributed by atoms with Gasteiger partial charge in [-0.05, 0) is 50.5 Å². The number of nitrogens with zero attached hydrogens (tertiary/aromatic N) is 1. The Kier molecular flexibility index (Phi) is 7.42. The van der Waals surface area contributed by atoms with Gasteiger partial charge in [0, 0.05) is 6.08 Å². The fourth-order valence-corrected chi connectivity index (χ4v) is 3.03. The van der Waals surface area contributed by atoms with Gasteiger partial charge in [0.05, 0.1) is 12.7 Å². The summed E-state index contributed by atoms with van der Waals surface area (Å²) in [5, 5.41) is 12.2. The van der Waals surface area contributed by atoms with Crippen molar-refractivity contribution in [3.63, 3.8) is 0 Å². The lowest BCUT2D eigenvalue weighted by Gasteiger charge is -2.32. The molecule has 144 valence electrons. The molecule has 1 N–H and O–H groups in total. The molecule has 0 bridgehead atoms. The first-order valence-electron chi connectivity index (χ1n) is 9.33. The number of amides is 1. The number of nitriles is 1. The maximum Gasteiger partial charge on any atom is 0.331 e. The van der Waals surface area contributed by atoms with Crippen molar-refractivity contribution in [2.45, 2.75) is 57.6 Å². The number of hydrogen-bond acceptors (Lipinski definition) is 5. The molecular weight excluding hydrogens is 344 g/mol. The van der Waals surface area contributed by atoms with Crippen LogP contribution in [0.4, 0.5) is 0 Å². The summed E-state index contributed by atoms with van der Waals surface area (Å²) in [6, 6.07) is 9.50. The Morgan fingerprint density at radius 1 is 1.26 bits per heavy atom. The number of carbonyl (C=O) groups excluding carboxylic acids is 2. The van der Waals surface area contributed by atoms with Crippen molar-refractivity contribution in [1.82, 2.24) is 5.32 Å². The normalized spacial score (nSPS) is 16.9. The third-order valence-corrected chi connectivity index (χ3v) is 4.55. The summed E-state index contributed by atoms with van der Waals surface area (Å²) in [7, 11) is 0. The van der Waals surface area contributed by atoms with Gasteiger partial charge >= 0.3 is 5.97 Å². The van der Waals surface area contributed by atoms with Crippen LogP contribution >= 0.6 is 0 Å². The molecule has 0 aliphatic heterocycles. The van der Waals surface area contributed by atoms with E-state index in [9.17, 15) is 14.9 Å². The van der Waals surface area contributed by atoms with E-state index in [1.807, 2.05) is 31.2 Å². The fraction of sp³-hybridized carbons (Fsp3) is 0.476. The van der Waals surface area contributed by atoms with Crippen molar-refractivity contribution in [3.05, 3.63) is 35.9 Å². The minimum Gasteiger partial charge on any atom is -0.494 e. The lowest BCUT2D eigenvalue weighted by atomic mass is 9.83. The summed E-state index contributed by atoms with van der Waals surface area (Å²) in [4.78, 5) is 24.3. The molecule has 0 heterocycles. The third kappa shape index (κ3) is 6.14. The molecule has 2 rings (SSSR count). The van der Waals surface area contributed by atoms with Crippen LogP contribution in [0.1, 0.15) is 51.5 Å². The molecule has 1 fully saturated rings. The zero-order chi connectivity index (χ0) is 19.7. The van der Waals surface area contributed by atoms with Gasteiger partial charge in [0.1, 0.15) is 11.3 Å². The van der Waals surface area contributed by atoms with Crippen LogP contribution < -0.4 is 10.1 Å². The van der Waals surface area contributed by atoms with Gasteiger partial charge in [0.2, 0.25) is 0 Å². The first-order chi connectivity index (χ1) is 13.0. The molecule has 6 nitrogen and oxygen atoms in total.